The zero-order valence-corrected chi connectivity index (χ0v) is 9.20. The molecule has 0 bridgehead atoms. The van der Waals surface area contributed by atoms with Crippen LogP contribution >= 0.6 is 0 Å². The van der Waals surface area contributed by atoms with E-state index < -0.39 is 6.17 Å². The Morgan fingerprint density at radius 1 is 1.38 bits per heavy atom. The summed E-state index contributed by atoms with van der Waals surface area (Å²) < 4.78 is 18.0. The Hall–Kier alpha value is -1.84. The van der Waals surface area contributed by atoms with E-state index in [-0.39, 0.29) is 5.88 Å². The van der Waals surface area contributed by atoms with Crippen molar-refractivity contribution in [3.63, 3.8) is 0 Å². The molecule has 2 aromatic rings. The molecule has 0 aliphatic heterocycles. The summed E-state index contributed by atoms with van der Waals surface area (Å²) in [6.45, 7) is 3.44. The number of hydrogen-bond donors (Lipinski definition) is 1. The smallest absolute Gasteiger partial charge is 0.229 e. The summed E-state index contributed by atoms with van der Waals surface area (Å²) >= 11 is 0. The molecule has 0 aliphatic rings. The number of alkyl halides is 1. The number of rotatable bonds is 2. The normalized spacial score (nSPS) is 12.7. The van der Waals surface area contributed by atoms with E-state index in [9.17, 15) is 4.39 Å². The molecule has 1 atom stereocenters. The van der Waals surface area contributed by atoms with E-state index in [2.05, 4.69) is 5.16 Å². The Balaban J connectivity index is 2.56. The van der Waals surface area contributed by atoms with Gasteiger partial charge < -0.3 is 10.3 Å². The van der Waals surface area contributed by atoms with E-state index in [1.54, 1.807) is 18.3 Å². The number of benzene rings is 1. The Kier molecular flexibility index (Phi) is 2.64. The van der Waals surface area contributed by atoms with Gasteiger partial charge >= 0.3 is 0 Å². The molecule has 0 saturated heterocycles. The summed E-state index contributed by atoms with van der Waals surface area (Å²) in [6, 6.07) is 5.42. The zero-order chi connectivity index (χ0) is 11.7. The maximum Gasteiger partial charge on any atom is 0.229 e. The van der Waals surface area contributed by atoms with E-state index >= 15 is 0 Å². The Morgan fingerprint density at radius 2 is 2.12 bits per heavy atom. The van der Waals surface area contributed by atoms with Crippen LogP contribution in [0.15, 0.2) is 28.9 Å². The van der Waals surface area contributed by atoms with Crippen molar-refractivity contribution in [3.8, 4) is 11.1 Å². The lowest BCUT2D eigenvalue weighted by Crippen LogP contribution is -1.91. The van der Waals surface area contributed by atoms with Crippen LogP contribution in [0.5, 0.6) is 0 Å². The van der Waals surface area contributed by atoms with Gasteiger partial charge in [-0.15, -0.1) is 0 Å². The van der Waals surface area contributed by atoms with Gasteiger partial charge in [-0.2, -0.15) is 0 Å². The fourth-order valence-electron chi connectivity index (χ4n) is 1.63. The molecule has 3 nitrogen and oxygen atoms in total. The Labute approximate surface area is 93.1 Å². The lowest BCUT2D eigenvalue weighted by atomic mass is 9.98. The second-order valence-corrected chi connectivity index (χ2v) is 3.79. The van der Waals surface area contributed by atoms with Crippen LogP contribution in [0, 0.1) is 6.92 Å². The molecular weight excluding hydrogens is 207 g/mol. The molecule has 0 amide bonds. The van der Waals surface area contributed by atoms with Crippen LogP contribution in [0.3, 0.4) is 0 Å². The first-order valence-corrected chi connectivity index (χ1v) is 5.04. The van der Waals surface area contributed by atoms with Crippen LogP contribution in [0.2, 0.25) is 0 Å². The van der Waals surface area contributed by atoms with Crippen molar-refractivity contribution >= 4 is 5.88 Å². The molecule has 0 spiro atoms. The second-order valence-electron chi connectivity index (χ2n) is 3.79. The standard InChI is InChI=1S/C12H13FN2O/c1-7-3-4-9(8(2)13)5-10(7)11-6-15-16-12(11)14/h3-6,8H,14H2,1-2H3. The molecule has 2 N–H and O–H groups in total. The van der Waals surface area contributed by atoms with Crippen LogP contribution in [-0.4, -0.2) is 5.16 Å². The zero-order valence-electron chi connectivity index (χ0n) is 9.20. The molecule has 1 unspecified atom stereocenters. The maximum absolute atomic E-state index is 13.2. The van der Waals surface area contributed by atoms with E-state index in [1.165, 1.54) is 6.92 Å². The average Bonchev–Trinajstić information content (AvgIpc) is 2.65. The van der Waals surface area contributed by atoms with Crippen molar-refractivity contribution < 1.29 is 8.91 Å². The highest BCUT2D eigenvalue weighted by Gasteiger charge is 2.12. The molecule has 1 heterocycles. The van der Waals surface area contributed by atoms with Crippen molar-refractivity contribution in [2.45, 2.75) is 20.0 Å². The number of nitrogens with two attached hydrogens (primary N) is 1. The van der Waals surface area contributed by atoms with Gasteiger partial charge in [0, 0.05) is 0 Å². The predicted molar refractivity (Wildman–Crippen MR) is 60.6 cm³/mol. The molecule has 2 rings (SSSR count). The largest absolute Gasteiger partial charge is 0.367 e. The van der Waals surface area contributed by atoms with Gasteiger partial charge in [0.25, 0.3) is 0 Å². The molecule has 0 radical (unpaired) electrons. The third kappa shape index (κ3) is 1.78. The molecule has 16 heavy (non-hydrogen) atoms. The number of hydrogen-bond acceptors (Lipinski definition) is 3. The minimum absolute atomic E-state index is 0.256. The lowest BCUT2D eigenvalue weighted by Gasteiger charge is -2.08. The fraction of sp³-hybridized carbons (Fsp3) is 0.250. The monoisotopic (exact) mass is 220 g/mol. The number of aryl methyl sites for hydroxylation is 1. The summed E-state index contributed by atoms with van der Waals surface area (Å²) in [6.07, 6.45) is 0.546. The van der Waals surface area contributed by atoms with Gasteiger partial charge in [0.2, 0.25) is 5.88 Å². The molecule has 0 fully saturated rings. The Bertz CT molecular complexity index is 505. The van der Waals surface area contributed by atoms with Crippen molar-refractivity contribution in [1.82, 2.24) is 5.16 Å². The lowest BCUT2D eigenvalue weighted by molar-refractivity contribution is 0.374. The maximum atomic E-state index is 13.2. The van der Waals surface area contributed by atoms with Crippen LogP contribution in [0.1, 0.15) is 24.2 Å². The van der Waals surface area contributed by atoms with Gasteiger partial charge in [0.1, 0.15) is 6.17 Å². The molecule has 1 aromatic carbocycles. The highest BCUT2D eigenvalue weighted by Crippen LogP contribution is 2.31. The summed E-state index contributed by atoms with van der Waals surface area (Å²) in [5.41, 5.74) is 8.85. The SMILES string of the molecule is Cc1ccc(C(C)F)cc1-c1cnoc1N. The number of aromatic nitrogens is 1. The minimum Gasteiger partial charge on any atom is -0.367 e. The molecule has 1 aromatic heterocycles. The number of nitrogen functional groups attached to an aromatic ring is 1. The van der Waals surface area contributed by atoms with Crippen LogP contribution < -0.4 is 5.73 Å². The summed E-state index contributed by atoms with van der Waals surface area (Å²) in [7, 11) is 0. The molecule has 0 aliphatic carbocycles. The Morgan fingerprint density at radius 3 is 2.69 bits per heavy atom. The molecular formula is C12H13FN2O. The van der Waals surface area contributed by atoms with Gasteiger partial charge in [-0.05, 0) is 36.6 Å². The topological polar surface area (TPSA) is 52.0 Å². The van der Waals surface area contributed by atoms with Crippen molar-refractivity contribution in [2.75, 3.05) is 5.73 Å². The first kappa shape index (κ1) is 10.7. The fourth-order valence-corrected chi connectivity index (χ4v) is 1.63. The van der Waals surface area contributed by atoms with Gasteiger partial charge in [-0.3, -0.25) is 0 Å². The van der Waals surface area contributed by atoms with Crippen LogP contribution in [-0.2, 0) is 0 Å². The van der Waals surface area contributed by atoms with E-state index in [0.29, 0.717) is 11.1 Å². The van der Waals surface area contributed by atoms with Gasteiger partial charge in [0.05, 0.1) is 11.8 Å². The average molecular weight is 220 g/mol. The summed E-state index contributed by atoms with van der Waals surface area (Å²) in [5, 5.41) is 3.62. The highest BCUT2D eigenvalue weighted by molar-refractivity contribution is 5.75. The minimum atomic E-state index is -1.000. The number of nitrogens with zero attached hydrogens (tertiary/aromatic N) is 1. The third-order valence-corrected chi connectivity index (χ3v) is 2.61. The van der Waals surface area contributed by atoms with Gasteiger partial charge in [-0.25, -0.2) is 4.39 Å². The van der Waals surface area contributed by atoms with Crippen LogP contribution in [0.4, 0.5) is 10.3 Å². The first-order chi connectivity index (χ1) is 7.59. The quantitative estimate of drug-likeness (QED) is 0.845. The van der Waals surface area contributed by atoms with E-state index in [0.717, 1.165) is 11.1 Å². The number of anilines is 1. The number of halogens is 1. The molecule has 4 heteroatoms. The van der Waals surface area contributed by atoms with Crippen molar-refractivity contribution in [2.24, 2.45) is 0 Å². The van der Waals surface area contributed by atoms with Gasteiger partial charge in [0.15, 0.2) is 0 Å². The van der Waals surface area contributed by atoms with Crippen molar-refractivity contribution in [3.05, 3.63) is 35.5 Å². The second kappa shape index (κ2) is 3.96. The van der Waals surface area contributed by atoms with Crippen LogP contribution in [0.25, 0.3) is 11.1 Å². The van der Waals surface area contributed by atoms with E-state index in [4.69, 9.17) is 10.3 Å². The molecule has 0 saturated carbocycles. The van der Waals surface area contributed by atoms with Crippen molar-refractivity contribution in [1.29, 1.82) is 0 Å². The summed E-state index contributed by atoms with van der Waals surface area (Å²) in [5.74, 6) is 0.256. The summed E-state index contributed by atoms with van der Waals surface area (Å²) in [4.78, 5) is 0. The van der Waals surface area contributed by atoms with E-state index in [1.807, 2.05) is 13.0 Å². The molecule has 84 valence electrons. The first-order valence-electron chi connectivity index (χ1n) is 5.04. The highest BCUT2D eigenvalue weighted by atomic mass is 19.1. The third-order valence-electron chi connectivity index (χ3n) is 2.61. The van der Waals surface area contributed by atoms with Gasteiger partial charge in [-0.1, -0.05) is 17.3 Å². The predicted octanol–water partition coefficient (Wildman–Crippen LogP) is 3.26.